The van der Waals surface area contributed by atoms with Crippen molar-refractivity contribution in [3.63, 3.8) is 0 Å². The van der Waals surface area contributed by atoms with Crippen LogP contribution < -0.4 is 10.6 Å². The number of Topliss-reactive ketones (excluding diaryl/α,β-unsaturated/α-hetero) is 1. The van der Waals surface area contributed by atoms with E-state index in [1.807, 2.05) is 13.8 Å². The van der Waals surface area contributed by atoms with Crippen molar-refractivity contribution >= 4 is 17.4 Å². The average Bonchev–Trinajstić information content (AvgIpc) is 2.60. The number of aliphatic hydroxyl groups excluding tert-OH is 1. The van der Waals surface area contributed by atoms with Gasteiger partial charge in [-0.1, -0.05) is 0 Å². The number of fused-ring (bicyclic) bond motifs is 1. The molecule has 1 aliphatic heterocycles. The maximum atomic E-state index is 12.0. The predicted molar refractivity (Wildman–Crippen MR) is 72.4 cm³/mol. The first-order chi connectivity index (χ1) is 8.96. The number of benzene rings is 1. The summed E-state index contributed by atoms with van der Waals surface area (Å²) < 4.78 is 0. The Labute approximate surface area is 112 Å². The van der Waals surface area contributed by atoms with Crippen LogP contribution in [0.25, 0.3) is 0 Å². The molecule has 0 fully saturated rings. The van der Waals surface area contributed by atoms with E-state index in [1.54, 1.807) is 18.2 Å². The van der Waals surface area contributed by atoms with Crippen LogP contribution in [0.4, 0.5) is 5.69 Å². The molecule has 0 aromatic heterocycles. The molecular formula is C14H18N2O3. The number of nitrogens with one attached hydrogen (secondary N) is 2. The number of ketones is 1. The van der Waals surface area contributed by atoms with Crippen LogP contribution in [0.3, 0.4) is 0 Å². The summed E-state index contributed by atoms with van der Waals surface area (Å²) in [5, 5.41) is 14.3. The number of carbonyl (C=O) groups is 2. The van der Waals surface area contributed by atoms with Crippen molar-refractivity contribution in [1.82, 2.24) is 5.32 Å². The lowest BCUT2D eigenvalue weighted by atomic mass is 9.85. The molecule has 5 heteroatoms. The van der Waals surface area contributed by atoms with Crippen molar-refractivity contribution < 1.29 is 14.7 Å². The molecule has 1 aliphatic rings. The quantitative estimate of drug-likeness (QED) is 0.538. The van der Waals surface area contributed by atoms with Gasteiger partial charge in [0.05, 0.1) is 18.6 Å². The molecular weight excluding hydrogens is 244 g/mol. The van der Waals surface area contributed by atoms with Crippen LogP contribution in [0, 0.1) is 0 Å². The first kappa shape index (κ1) is 13.7. The van der Waals surface area contributed by atoms with E-state index in [0.717, 1.165) is 11.3 Å². The van der Waals surface area contributed by atoms with Gasteiger partial charge >= 0.3 is 0 Å². The molecule has 19 heavy (non-hydrogen) atoms. The third-order valence-corrected chi connectivity index (χ3v) is 3.40. The number of anilines is 1. The SMILES string of the molecule is CC1(C)C(=O)Nc2ccc(C(=O)CNCCO)cc21. The molecule has 5 nitrogen and oxygen atoms in total. The van der Waals surface area contributed by atoms with Crippen LogP contribution >= 0.6 is 0 Å². The van der Waals surface area contributed by atoms with E-state index < -0.39 is 5.41 Å². The Morgan fingerprint density at radius 1 is 1.42 bits per heavy atom. The molecule has 0 atom stereocenters. The second-order valence-corrected chi connectivity index (χ2v) is 5.16. The zero-order valence-corrected chi connectivity index (χ0v) is 11.1. The van der Waals surface area contributed by atoms with Crippen LogP contribution in [0.15, 0.2) is 18.2 Å². The number of amides is 1. The third kappa shape index (κ3) is 2.52. The number of aliphatic hydroxyl groups is 1. The van der Waals surface area contributed by atoms with Gasteiger partial charge in [-0.3, -0.25) is 9.59 Å². The van der Waals surface area contributed by atoms with E-state index in [9.17, 15) is 9.59 Å². The van der Waals surface area contributed by atoms with Crippen LogP contribution in [0.2, 0.25) is 0 Å². The highest BCUT2D eigenvalue weighted by atomic mass is 16.3. The first-order valence-corrected chi connectivity index (χ1v) is 6.27. The van der Waals surface area contributed by atoms with Crippen molar-refractivity contribution in [2.24, 2.45) is 0 Å². The number of rotatable bonds is 5. The van der Waals surface area contributed by atoms with Crippen LogP contribution in [0.5, 0.6) is 0 Å². The summed E-state index contributed by atoms with van der Waals surface area (Å²) in [7, 11) is 0. The van der Waals surface area contributed by atoms with Gasteiger partial charge in [0.15, 0.2) is 5.78 Å². The molecule has 1 heterocycles. The Morgan fingerprint density at radius 3 is 2.84 bits per heavy atom. The molecule has 0 bridgehead atoms. The van der Waals surface area contributed by atoms with Crippen molar-refractivity contribution in [2.75, 3.05) is 25.0 Å². The fourth-order valence-corrected chi connectivity index (χ4v) is 2.13. The molecule has 0 saturated heterocycles. The first-order valence-electron chi connectivity index (χ1n) is 6.27. The van der Waals surface area contributed by atoms with Gasteiger partial charge in [0.25, 0.3) is 0 Å². The minimum absolute atomic E-state index is 0.00290. The minimum atomic E-state index is -0.607. The zero-order valence-electron chi connectivity index (χ0n) is 11.1. The van der Waals surface area contributed by atoms with Gasteiger partial charge in [0, 0.05) is 17.8 Å². The number of carbonyl (C=O) groups excluding carboxylic acids is 2. The normalized spacial score (nSPS) is 16.1. The average molecular weight is 262 g/mol. The van der Waals surface area contributed by atoms with Crippen LogP contribution in [0.1, 0.15) is 29.8 Å². The van der Waals surface area contributed by atoms with Gasteiger partial charge in [0.1, 0.15) is 0 Å². The smallest absolute Gasteiger partial charge is 0.234 e. The van der Waals surface area contributed by atoms with Gasteiger partial charge in [-0.25, -0.2) is 0 Å². The maximum Gasteiger partial charge on any atom is 0.234 e. The summed E-state index contributed by atoms with van der Waals surface area (Å²) in [6.07, 6.45) is 0. The van der Waals surface area contributed by atoms with Gasteiger partial charge in [-0.2, -0.15) is 0 Å². The van der Waals surface area contributed by atoms with E-state index in [2.05, 4.69) is 10.6 Å². The fraction of sp³-hybridized carbons (Fsp3) is 0.429. The molecule has 102 valence electrons. The molecule has 2 rings (SSSR count). The Morgan fingerprint density at radius 2 is 2.16 bits per heavy atom. The van der Waals surface area contributed by atoms with E-state index in [0.29, 0.717) is 12.1 Å². The van der Waals surface area contributed by atoms with Crippen molar-refractivity contribution in [2.45, 2.75) is 19.3 Å². The Hall–Kier alpha value is -1.72. The highest BCUT2D eigenvalue weighted by Gasteiger charge is 2.38. The molecule has 0 unspecified atom stereocenters. The molecule has 1 amide bonds. The fourth-order valence-electron chi connectivity index (χ4n) is 2.13. The second kappa shape index (κ2) is 5.11. The third-order valence-electron chi connectivity index (χ3n) is 3.40. The van der Waals surface area contributed by atoms with E-state index in [-0.39, 0.29) is 24.8 Å². The molecule has 1 aromatic rings. The lowest BCUT2D eigenvalue weighted by molar-refractivity contribution is -0.119. The highest BCUT2D eigenvalue weighted by molar-refractivity contribution is 6.07. The molecule has 0 radical (unpaired) electrons. The van der Waals surface area contributed by atoms with Crippen molar-refractivity contribution in [3.05, 3.63) is 29.3 Å². The molecule has 1 aromatic carbocycles. The van der Waals surface area contributed by atoms with Gasteiger partial charge in [-0.15, -0.1) is 0 Å². The number of hydrogen-bond donors (Lipinski definition) is 3. The maximum absolute atomic E-state index is 12.0. The van der Waals surface area contributed by atoms with E-state index in [4.69, 9.17) is 5.11 Å². The Kier molecular flexibility index (Phi) is 3.68. The van der Waals surface area contributed by atoms with E-state index in [1.165, 1.54) is 0 Å². The van der Waals surface area contributed by atoms with Crippen LogP contribution in [-0.4, -0.2) is 36.5 Å². The molecule has 0 aliphatic carbocycles. The predicted octanol–water partition coefficient (Wildman–Crippen LogP) is 0.681. The van der Waals surface area contributed by atoms with Gasteiger partial charge < -0.3 is 15.7 Å². The van der Waals surface area contributed by atoms with Crippen molar-refractivity contribution in [1.29, 1.82) is 0 Å². The summed E-state index contributed by atoms with van der Waals surface area (Å²) in [5.41, 5.74) is 1.60. The molecule has 0 saturated carbocycles. The Balaban J connectivity index is 2.20. The van der Waals surface area contributed by atoms with E-state index >= 15 is 0 Å². The van der Waals surface area contributed by atoms with Gasteiger partial charge in [0.2, 0.25) is 5.91 Å². The van der Waals surface area contributed by atoms with Gasteiger partial charge in [-0.05, 0) is 37.6 Å². The second-order valence-electron chi connectivity index (χ2n) is 5.16. The lowest BCUT2D eigenvalue weighted by Crippen LogP contribution is -2.27. The Bertz CT molecular complexity index is 523. The summed E-state index contributed by atoms with van der Waals surface area (Å²) >= 11 is 0. The summed E-state index contributed by atoms with van der Waals surface area (Å²) in [6, 6.07) is 5.25. The van der Waals surface area contributed by atoms with Crippen LogP contribution in [-0.2, 0) is 10.2 Å². The standard InChI is InChI=1S/C14H18N2O3/c1-14(2)10-7-9(12(18)8-15-5-6-17)3-4-11(10)16-13(14)19/h3-4,7,15,17H,5-6,8H2,1-2H3,(H,16,19). The topological polar surface area (TPSA) is 78.4 Å². The zero-order chi connectivity index (χ0) is 14.0. The minimum Gasteiger partial charge on any atom is -0.395 e. The lowest BCUT2D eigenvalue weighted by Gasteiger charge is -2.15. The monoisotopic (exact) mass is 262 g/mol. The largest absolute Gasteiger partial charge is 0.395 e. The summed E-state index contributed by atoms with van der Waals surface area (Å²) in [4.78, 5) is 23.8. The summed E-state index contributed by atoms with van der Waals surface area (Å²) in [5.74, 6) is -0.100. The summed E-state index contributed by atoms with van der Waals surface area (Å²) in [6.45, 7) is 4.26. The highest BCUT2D eigenvalue weighted by Crippen LogP contribution is 2.37. The number of hydrogen-bond acceptors (Lipinski definition) is 4. The van der Waals surface area contributed by atoms with Crippen molar-refractivity contribution in [3.8, 4) is 0 Å². The molecule has 3 N–H and O–H groups in total. The molecule has 0 spiro atoms.